The Morgan fingerprint density at radius 1 is 1.02 bits per heavy atom. The van der Waals surface area contributed by atoms with Gasteiger partial charge in [0.05, 0.1) is 32.3 Å². The first-order valence-electron chi connectivity index (χ1n) is 15.7. The van der Waals surface area contributed by atoms with Crippen molar-refractivity contribution in [2.24, 2.45) is 11.8 Å². The van der Waals surface area contributed by atoms with Crippen LogP contribution in [0.3, 0.4) is 0 Å². The first kappa shape index (κ1) is 33.4. The van der Waals surface area contributed by atoms with Crippen LogP contribution in [0.1, 0.15) is 82.7 Å². The zero-order valence-electron chi connectivity index (χ0n) is 27.3. The predicted molar refractivity (Wildman–Crippen MR) is 175 cm³/mol. The Kier molecular flexibility index (Phi) is 10.0. The van der Waals surface area contributed by atoms with Crippen LogP contribution in [0.2, 0.25) is 0 Å². The van der Waals surface area contributed by atoms with Gasteiger partial charge in [-0.05, 0) is 46.6 Å². The molecular formula is C38H51BrN2O2. The molecule has 0 saturated carbocycles. The third-order valence-electron chi connectivity index (χ3n) is 9.87. The van der Waals surface area contributed by atoms with Gasteiger partial charge in [-0.1, -0.05) is 71.9 Å². The molecule has 3 aliphatic rings. The van der Waals surface area contributed by atoms with Gasteiger partial charge in [-0.3, -0.25) is 4.98 Å². The lowest BCUT2D eigenvalue weighted by Crippen LogP contribution is -3.00. The topological polar surface area (TPSA) is 31.4 Å². The molecule has 3 aliphatic heterocycles. The van der Waals surface area contributed by atoms with Crippen molar-refractivity contribution in [1.82, 2.24) is 4.98 Å². The smallest absolute Gasteiger partial charge is 0.135 e. The molecule has 0 aliphatic carbocycles. The number of nitrogens with zero attached hydrogens (tertiary/aromatic N) is 2. The molecule has 2 aromatic carbocycles. The van der Waals surface area contributed by atoms with Crippen LogP contribution in [0.5, 0.6) is 5.75 Å². The minimum absolute atomic E-state index is 0. The quantitative estimate of drug-likeness (QED) is 0.221. The molecule has 2 bridgehead atoms. The highest BCUT2D eigenvalue weighted by Gasteiger charge is 2.54. The van der Waals surface area contributed by atoms with E-state index in [0.717, 1.165) is 41.8 Å². The van der Waals surface area contributed by atoms with Gasteiger partial charge in [-0.2, -0.15) is 0 Å². The Balaban J connectivity index is 0.00000423. The number of hydrogen-bond donors (Lipinski definition) is 0. The second-order valence-corrected chi connectivity index (χ2v) is 14.7. The van der Waals surface area contributed by atoms with Crippen molar-refractivity contribution in [2.75, 3.05) is 26.8 Å². The Labute approximate surface area is 270 Å². The number of aromatic nitrogens is 1. The SMILES string of the molecule is C=CCO[C@H](c1ccnc2ccccc12)C1CC2CC[N+]1(Cc1cc(C(C)(C)C)c(OC)c(C(C)(C)C)c1)CC2C=C.[Br-]. The van der Waals surface area contributed by atoms with Gasteiger partial charge in [0.25, 0.3) is 0 Å². The Bertz CT molecular complexity index is 1410. The molecule has 0 spiro atoms. The first-order valence-corrected chi connectivity index (χ1v) is 15.7. The fourth-order valence-corrected chi connectivity index (χ4v) is 7.79. The van der Waals surface area contributed by atoms with E-state index >= 15 is 0 Å². The number of piperidine rings is 3. The highest BCUT2D eigenvalue weighted by Crippen LogP contribution is 2.50. The number of hydrogen-bond acceptors (Lipinski definition) is 3. The van der Waals surface area contributed by atoms with E-state index in [1.54, 1.807) is 0 Å². The van der Waals surface area contributed by atoms with E-state index in [4.69, 9.17) is 9.47 Å². The summed E-state index contributed by atoms with van der Waals surface area (Å²) >= 11 is 0. The zero-order valence-corrected chi connectivity index (χ0v) is 28.9. The average molecular weight is 648 g/mol. The van der Waals surface area contributed by atoms with Crippen LogP contribution in [0.15, 0.2) is 74.0 Å². The summed E-state index contributed by atoms with van der Waals surface area (Å²) in [6, 6.07) is 15.9. The lowest BCUT2D eigenvalue weighted by molar-refractivity contribution is -0.985. The number of para-hydroxylation sites is 1. The molecule has 1 aromatic heterocycles. The molecule has 3 saturated heterocycles. The number of quaternary nitrogens is 1. The second kappa shape index (κ2) is 12.9. The van der Waals surface area contributed by atoms with E-state index in [-0.39, 0.29) is 33.9 Å². The number of halogens is 1. The van der Waals surface area contributed by atoms with E-state index in [9.17, 15) is 0 Å². The highest BCUT2D eigenvalue weighted by atomic mass is 79.9. The van der Waals surface area contributed by atoms with Crippen LogP contribution < -0.4 is 21.7 Å². The first-order chi connectivity index (χ1) is 19.9. The van der Waals surface area contributed by atoms with Crippen LogP contribution in [0.4, 0.5) is 0 Å². The van der Waals surface area contributed by atoms with E-state index in [2.05, 4.69) is 108 Å². The van der Waals surface area contributed by atoms with Crippen LogP contribution in [-0.2, 0) is 22.1 Å². The summed E-state index contributed by atoms with van der Waals surface area (Å²) in [5.74, 6) is 2.19. The number of fused-ring (bicyclic) bond motifs is 4. The molecule has 4 unspecified atom stereocenters. The van der Waals surface area contributed by atoms with Gasteiger partial charge in [0.2, 0.25) is 0 Å². The molecule has 232 valence electrons. The van der Waals surface area contributed by atoms with Crippen molar-refractivity contribution in [1.29, 1.82) is 0 Å². The normalized spacial score (nSPS) is 24.3. The minimum Gasteiger partial charge on any atom is -1.00 e. The number of benzene rings is 2. The molecule has 0 N–H and O–H groups in total. The molecule has 4 nitrogen and oxygen atoms in total. The average Bonchev–Trinajstić information content (AvgIpc) is 2.96. The number of pyridine rings is 1. The van der Waals surface area contributed by atoms with Gasteiger partial charge in [0.1, 0.15) is 24.4 Å². The van der Waals surface area contributed by atoms with Crippen LogP contribution in [-0.4, -0.2) is 42.3 Å². The zero-order chi connectivity index (χ0) is 30.3. The molecular weight excluding hydrogens is 596 g/mol. The van der Waals surface area contributed by atoms with Crippen molar-refractivity contribution in [3.8, 4) is 5.75 Å². The standard InChI is InChI=1S/C38H51N2O2.BrH/c1-10-20-42-35(30-16-18-39-33-15-13-12-14-29(30)33)34-23-28-17-19-40(34,25-27(28)11-2)24-26-21-31(37(3,4)5)36(41-9)32(22-26)38(6,7)8;/h10-16,18,21-22,27-28,34-35H,1-2,17,19-20,23-25H2,3-9H3;1H/q+1;/p-1/t27?,28?,34?,35-,40?;/m1./s1. The van der Waals surface area contributed by atoms with E-state index < -0.39 is 0 Å². The lowest BCUT2D eigenvalue weighted by atomic mass is 9.70. The van der Waals surface area contributed by atoms with Gasteiger partial charge in [0, 0.05) is 47.0 Å². The van der Waals surface area contributed by atoms with Gasteiger partial charge >= 0.3 is 0 Å². The van der Waals surface area contributed by atoms with Crippen LogP contribution >= 0.6 is 0 Å². The number of ether oxygens (including phenoxy) is 2. The maximum absolute atomic E-state index is 6.79. The van der Waals surface area contributed by atoms with Crippen molar-refractivity contribution in [3.05, 3.63) is 96.2 Å². The predicted octanol–water partition coefficient (Wildman–Crippen LogP) is 5.70. The van der Waals surface area contributed by atoms with E-state index in [1.165, 1.54) is 34.1 Å². The molecule has 4 heterocycles. The summed E-state index contributed by atoms with van der Waals surface area (Å²) in [5.41, 5.74) is 6.15. The summed E-state index contributed by atoms with van der Waals surface area (Å²) in [6.45, 7) is 25.8. The van der Waals surface area contributed by atoms with Crippen molar-refractivity contribution in [2.45, 2.75) is 83.9 Å². The van der Waals surface area contributed by atoms with Crippen LogP contribution in [0.25, 0.3) is 10.9 Å². The van der Waals surface area contributed by atoms with E-state index in [1.807, 2.05) is 19.4 Å². The van der Waals surface area contributed by atoms with Crippen LogP contribution in [0, 0.1) is 11.8 Å². The summed E-state index contributed by atoms with van der Waals surface area (Å²) < 4.78 is 13.9. The molecule has 0 amide bonds. The number of rotatable bonds is 9. The molecule has 3 fully saturated rings. The monoisotopic (exact) mass is 646 g/mol. The Morgan fingerprint density at radius 2 is 1.70 bits per heavy atom. The molecule has 3 aromatic rings. The summed E-state index contributed by atoms with van der Waals surface area (Å²) in [6.07, 6.45) is 8.37. The molecule has 0 radical (unpaired) electrons. The summed E-state index contributed by atoms with van der Waals surface area (Å²) in [7, 11) is 1.82. The fourth-order valence-electron chi connectivity index (χ4n) is 7.79. The molecule has 6 rings (SSSR count). The Hall–Kier alpha value is -2.47. The highest BCUT2D eigenvalue weighted by molar-refractivity contribution is 5.82. The number of methoxy groups -OCH3 is 1. The largest absolute Gasteiger partial charge is 1.00 e. The van der Waals surface area contributed by atoms with Gasteiger partial charge in [0.15, 0.2) is 0 Å². The Morgan fingerprint density at radius 3 is 2.30 bits per heavy atom. The molecule has 5 heteroatoms. The summed E-state index contributed by atoms with van der Waals surface area (Å²) in [4.78, 5) is 4.68. The maximum atomic E-state index is 6.79. The van der Waals surface area contributed by atoms with Crippen molar-refractivity contribution < 1.29 is 30.9 Å². The molecule has 43 heavy (non-hydrogen) atoms. The second-order valence-electron chi connectivity index (χ2n) is 14.7. The van der Waals surface area contributed by atoms with Gasteiger partial charge in [-0.15, -0.1) is 13.2 Å². The fraction of sp³-hybridized carbons (Fsp3) is 0.500. The third-order valence-corrected chi connectivity index (χ3v) is 9.87. The lowest BCUT2D eigenvalue weighted by Gasteiger charge is -2.58. The molecule has 5 atom stereocenters. The van der Waals surface area contributed by atoms with Gasteiger partial charge < -0.3 is 30.9 Å². The van der Waals surface area contributed by atoms with Crippen molar-refractivity contribution in [3.63, 3.8) is 0 Å². The maximum Gasteiger partial charge on any atom is 0.135 e. The third kappa shape index (κ3) is 6.50. The van der Waals surface area contributed by atoms with Gasteiger partial charge in [-0.25, -0.2) is 0 Å². The summed E-state index contributed by atoms with van der Waals surface area (Å²) in [5, 5.41) is 1.18. The van der Waals surface area contributed by atoms with E-state index in [0.29, 0.717) is 24.5 Å². The van der Waals surface area contributed by atoms with Crippen molar-refractivity contribution >= 4 is 10.9 Å². The minimum atomic E-state index is -0.0492.